The van der Waals surface area contributed by atoms with Crippen LogP contribution in [0.25, 0.3) is 0 Å². The summed E-state index contributed by atoms with van der Waals surface area (Å²) in [5.74, 6) is -0.576. The van der Waals surface area contributed by atoms with Crippen molar-refractivity contribution >= 4 is 21.7 Å². The smallest absolute Gasteiger partial charge is 0.221 e. The van der Waals surface area contributed by atoms with Crippen molar-refractivity contribution in [3.63, 3.8) is 0 Å². The Labute approximate surface area is 157 Å². The SMILES string of the molecule is CC(C)(C)NS(=O)(=O)CCC(=O)NCCOCCOCC(=O)C(C)(C)C. The Hall–Kier alpha value is -1.03. The van der Waals surface area contributed by atoms with Gasteiger partial charge in [-0.2, -0.15) is 0 Å². The van der Waals surface area contributed by atoms with E-state index in [0.29, 0.717) is 13.2 Å². The van der Waals surface area contributed by atoms with E-state index in [1.165, 1.54) is 0 Å². The van der Waals surface area contributed by atoms with Crippen LogP contribution in [-0.4, -0.2) is 64.4 Å². The lowest BCUT2D eigenvalue weighted by Gasteiger charge is -2.20. The highest BCUT2D eigenvalue weighted by atomic mass is 32.2. The largest absolute Gasteiger partial charge is 0.377 e. The topological polar surface area (TPSA) is 111 Å². The number of carbonyl (C=O) groups excluding carboxylic acids is 2. The van der Waals surface area contributed by atoms with Gasteiger partial charge in [0.1, 0.15) is 6.61 Å². The van der Waals surface area contributed by atoms with Gasteiger partial charge in [-0.15, -0.1) is 0 Å². The van der Waals surface area contributed by atoms with E-state index in [2.05, 4.69) is 10.0 Å². The molecule has 0 radical (unpaired) electrons. The minimum Gasteiger partial charge on any atom is -0.377 e. The van der Waals surface area contributed by atoms with Crippen LogP contribution in [0, 0.1) is 5.41 Å². The quantitative estimate of drug-likeness (QED) is 0.475. The number of Topliss-reactive ketones (excluding diaryl/α,β-unsaturated/α-hetero) is 1. The number of rotatable bonds is 12. The lowest BCUT2D eigenvalue weighted by Crippen LogP contribution is -2.42. The zero-order valence-electron chi connectivity index (χ0n) is 16.8. The fourth-order valence-electron chi connectivity index (χ4n) is 1.70. The molecular formula is C17H34N2O6S. The van der Waals surface area contributed by atoms with Gasteiger partial charge in [0.25, 0.3) is 0 Å². The zero-order chi connectivity index (χ0) is 20.4. The Morgan fingerprint density at radius 1 is 0.923 bits per heavy atom. The van der Waals surface area contributed by atoms with Crippen LogP contribution in [0.2, 0.25) is 0 Å². The molecule has 0 aliphatic carbocycles. The minimum atomic E-state index is -3.48. The van der Waals surface area contributed by atoms with E-state index in [1.54, 1.807) is 20.8 Å². The Morgan fingerprint density at radius 3 is 2.04 bits per heavy atom. The highest BCUT2D eigenvalue weighted by Gasteiger charge is 2.21. The summed E-state index contributed by atoms with van der Waals surface area (Å²) >= 11 is 0. The number of hydrogen-bond donors (Lipinski definition) is 2. The number of carbonyl (C=O) groups is 2. The van der Waals surface area contributed by atoms with Crippen LogP contribution < -0.4 is 10.0 Å². The standard InChI is InChI=1S/C17H34N2O6S/c1-16(2,3)14(20)13-25-11-10-24-9-8-18-15(21)7-12-26(22,23)19-17(4,5)6/h19H,7-13H2,1-6H3,(H,18,21). The van der Waals surface area contributed by atoms with Gasteiger partial charge in [-0.1, -0.05) is 20.8 Å². The Morgan fingerprint density at radius 2 is 1.50 bits per heavy atom. The number of nitrogens with one attached hydrogen (secondary N) is 2. The molecule has 0 rings (SSSR count). The fraction of sp³-hybridized carbons (Fsp3) is 0.882. The van der Waals surface area contributed by atoms with E-state index in [0.717, 1.165) is 0 Å². The Kier molecular flexibility index (Phi) is 10.5. The number of hydrogen-bond acceptors (Lipinski definition) is 6. The first-order valence-electron chi connectivity index (χ1n) is 8.70. The van der Waals surface area contributed by atoms with Crippen molar-refractivity contribution < 1.29 is 27.5 Å². The molecule has 8 nitrogen and oxygen atoms in total. The molecule has 0 spiro atoms. The van der Waals surface area contributed by atoms with Crippen molar-refractivity contribution in [1.29, 1.82) is 0 Å². The van der Waals surface area contributed by atoms with Gasteiger partial charge in [-0.3, -0.25) is 9.59 Å². The van der Waals surface area contributed by atoms with Crippen LogP contribution in [0.15, 0.2) is 0 Å². The summed E-state index contributed by atoms with van der Waals surface area (Å²) in [7, 11) is -3.48. The molecule has 0 heterocycles. The van der Waals surface area contributed by atoms with Gasteiger partial charge in [0.2, 0.25) is 15.9 Å². The molecule has 154 valence electrons. The lowest BCUT2D eigenvalue weighted by molar-refractivity contribution is -0.131. The first kappa shape index (κ1) is 25.0. The minimum absolute atomic E-state index is 0.0284. The van der Waals surface area contributed by atoms with Crippen LogP contribution in [-0.2, 0) is 29.1 Å². The van der Waals surface area contributed by atoms with Gasteiger partial charge < -0.3 is 14.8 Å². The van der Waals surface area contributed by atoms with Gasteiger partial charge >= 0.3 is 0 Å². The summed E-state index contributed by atoms with van der Waals surface area (Å²) < 4.78 is 36.6. The van der Waals surface area contributed by atoms with Crippen LogP contribution in [0.3, 0.4) is 0 Å². The molecule has 26 heavy (non-hydrogen) atoms. The number of sulfonamides is 1. The van der Waals surface area contributed by atoms with E-state index >= 15 is 0 Å². The molecule has 1 amide bonds. The molecule has 0 saturated heterocycles. The maximum Gasteiger partial charge on any atom is 0.221 e. The molecule has 0 saturated carbocycles. The fourth-order valence-corrected chi connectivity index (χ4v) is 3.19. The second-order valence-corrected chi connectivity index (χ2v) is 9.95. The van der Waals surface area contributed by atoms with Gasteiger partial charge in [0.15, 0.2) is 5.78 Å². The van der Waals surface area contributed by atoms with Gasteiger partial charge in [0, 0.05) is 23.9 Å². The first-order valence-corrected chi connectivity index (χ1v) is 10.4. The molecule has 0 bridgehead atoms. The normalized spacial score (nSPS) is 12.8. The van der Waals surface area contributed by atoms with Crippen molar-refractivity contribution in [2.45, 2.75) is 53.5 Å². The number of amides is 1. The lowest BCUT2D eigenvalue weighted by atomic mass is 9.91. The van der Waals surface area contributed by atoms with Crippen molar-refractivity contribution in [2.75, 3.05) is 38.7 Å². The summed E-state index contributed by atoms with van der Waals surface area (Å²) in [6.45, 7) is 12.0. The van der Waals surface area contributed by atoms with Crippen LogP contribution in [0.4, 0.5) is 0 Å². The van der Waals surface area contributed by atoms with E-state index < -0.39 is 21.0 Å². The highest BCUT2D eigenvalue weighted by molar-refractivity contribution is 7.89. The monoisotopic (exact) mass is 394 g/mol. The molecule has 0 aromatic heterocycles. The maximum absolute atomic E-state index is 11.8. The molecule has 0 fully saturated rings. The third kappa shape index (κ3) is 14.2. The summed E-state index contributed by atoms with van der Waals surface area (Å²) in [4.78, 5) is 23.3. The molecule has 0 aromatic rings. The maximum atomic E-state index is 11.8. The van der Waals surface area contributed by atoms with Crippen molar-refractivity contribution in [2.24, 2.45) is 5.41 Å². The molecule has 0 unspecified atom stereocenters. The molecule has 0 atom stereocenters. The van der Waals surface area contributed by atoms with Crippen molar-refractivity contribution in [3.8, 4) is 0 Å². The van der Waals surface area contributed by atoms with Crippen LogP contribution in [0.5, 0.6) is 0 Å². The predicted octanol–water partition coefficient (Wildman–Crippen LogP) is 0.859. The number of ketones is 1. The first-order chi connectivity index (χ1) is 11.7. The van der Waals surface area contributed by atoms with Crippen molar-refractivity contribution in [1.82, 2.24) is 10.0 Å². The summed E-state index contributed by atoms with van der Waals surface area (Å²) in [6, 6.07) is 0. The average Bonchev–Trinajstić information content (AvgIpc) is 2.44. The number of ether oxygens (including phenoxy) is 2. The molecule has 0 aliphatic heterocycles. The molecular weight excluding hydrogens is 360 g/mol. The summed E-state index contributed by atoms with van der Waals surface area (Å²) in [5.41, 5.74) is -0.982. The Bertz CT molecular complexity index is 547. The van der Waals surface area contributed by atoms with E-state index in [1.807, 2.05) is 20.8 Å². The zero-order valence-corrected chi connectivity index (χ0v) is 17.6. The highest BCUT2D eigenvalue weighted by Crippen LogP contribution is 2.14. The molecule has 0 aromatic carbocycles. The van der Waals surface area contributed by atoms with Gasteiger partial charge in [-0.25, -0.2) is 13.1 Å². The third-order valence-electron chi connectivity index (χ3n) is 3.07. The third-order valence-corrected chi connectivity index (χ3v) is 4.73. The van der Waals surface area contributed by atoms with Gasteiger partial charge in [0.05, 0.1) is 25.6 Å². The molecule has 9 heteroatoms. The van der Waals surface area contributed by atoms with E-state index in [-0.39, 0.29) is 43.6 Å². The van der Waals surface area contributed by atoms with Gasteiger partial charge in [-0.05, 0) is 20.8 Å². The summed E-state index contributed by atoms with van der Waals surface area (Å²) in [5, 5.41) is 2.60. The second kappa shape index (κ2) is 11.0. The Balaban J connectivity index is 3.71. The average molecular weight is 395 g/mol. The molecule has 0 aliphatic rings. The van der Waals surface area contributed by atoms with Crippen LogP contribution >= 0.6 is 0 Å². The molecule has 2 N–H and O–H groups in total. The van der Waals surface area contributed by atoms with E-state index in [9.17, 15) is 18.0 Å². The van der Waals surface area contributed by atoms with Crippen molar-refractivity contribution in [3.05, 3.63) is 0 Å². The van der Waals surface area contributed by atoms with E-state index in [4.69, 9.17) is 9.47 Å². The van der Waals surface area contributed by atoms with Crippen LogP contribution in [0.1, 0.15) is 48.0 Å². The second-order valence-electron chi connectivity index (χ2n) is 8.11. The predicted molar refractivity (Wildman–Crippen MR) is 100 cm³/mol. The summed E-state index contributed by atoms with van der Waals surface area (Å²) in [6.07, 6.45) is -0.108.